The molecular weight excluding hydrogens is 234 g/mol. The third kappa shape index (κ3) is 2.25. The monoisotopic (exact) mass is 249 g/mol. The van der Waals surface area contributed by atoms with Crippen LogP contribution in [0.5, 0.6) is 11.5 Å². The molecule has 1 aromatic carbocycles. The van der Waals surface area contributed by atoms with Crippen molar-refractivity contribution in [1.29, 1.82) is 0 Å². The first kappa shape index (κ1) is 12.3. The molecule has 0 saturated carbocycles. The van der Waals surface area contributed by atoms with Crippen molar-refractivity contribution in [2.45, 2.75) is 13.0 Å². The number of aliphatic carboxylic acids is 1. The van der Waals surface area contributed by atoms with E-state index in [1.165, 1.54) is 0 Å². The summed E-state index contributed by atoms with van der Waals surface area (Å²) in [5.74, 6) is 0.597. The zero-order valence-electron chi connectivity index (χ0n) is 10.3. The maximum absolute atomic E-state index is 10.6. The summed E-state index contributed by atoms with van der Waals surface area (Å²) in [7, 11) is 3.19. The van der Waals surface area contributed by atoms with E-state index in [2.05, 4.69) is 0 Å². The van der Waals surface area contributed by atoms with Gasteiger partial charge in [0.2, 0.25) is 0 Å². The molecule has 0 aliphatic heterocycles. The number of ether oxygens (including phenoxy) is 2. The standard InChI is InChI=1S/C13H15NO4/c1-17-9-7-11-10(12(8-9)18-2)3-5-14(11)6-4-13(15)16/h3,5,7-8H,4,6H2,1-2H3,(H,15,16). The zero-order chi connectivity index (χ0) is 13.1. The Labute approximate surface area is 105 Å². The van der Waals surface area contributed by atoms with E-state index < -0.39 is 5.97 Å². The number of aromatic nitrogens is 1. The highest BCUT2D eigenvalue weighted by molar-refractivity contribution is 5.88. The summed E-state index contributed by atoms with van der Waals surface area (Å²) in [6.07, 6.45) is 1.94. The number of methoxy groups -OCH3 is 2. The fourth-order valence-electron chi connectivity index (χ4n) is 1.94. The normalized spacial score (nSPS) is 10.6. The molecule has 2 aromatic rings. The quantitative estimate of drug-likeness (QED) is 0.881. The Balaban J connectivity index is 2.46. The van der Waals surface area contributed by atoms with E-state index in [9.17, 15) is 4.79 Å². The van der Waals surface area contributed by atoms with E-state index in [0.29, 0.717) is 12.3 Å². The number of fused-ring (bicyclic) bond motifs is 1. The van der Waals surface area contributed by atoms with Gasteiger partial charge in [-0.3, -0.25) is 4.79 Å². The number of carboxylic acids is 1. The Morgan fingerprint density at radius 3 is 2.72 bits per heavy atom. The van der Waals surface area contributed by atoms with Gasteiger partial charge in [0.05, 0.1) is 26.2 Å². The Hall–Kier alpha value is -2.17. The molecule has 0 aliphatic rings. The smallest absolute Gasteiger partial charge is 0.305 e. The van der Waals surface area contributed by atoms with Gasteiger partial charge in [-0.2, -0.15) is 0 Å². The van der Waals surface area contributed by atoms with Crippen molar-refractivity contribution >= 4 is 16.9 Å². The molecule has 0 fully saturated rings. The van der Waals surface area contributed by atoms with Crippen LogP contribution in [0.2, 0.25) is 0 Å². The van der Waals surface area contributed by atoms with Crippen LogP contribution >= 0.6 is 0 Å². The number of carboxylic acid groups (broad SMARTS) is 1. The lowest BCUT2D eigenvalue weighted by Crippen LogP contribution is -2.03. The Morgan fingerprint density at radius 1 is 1.33 bits per heavy atom. The molecule has 2 rings (SSSR count). The first-order valence-corrected chi connectivity index (χ1v) is 5.58. The average molecular weight is 249 g/mol. The van der Waals surface area contributed by atoms with E-state index in [-0.39, 0.29) is 6.42 Å². The van der Waals surface area contributed by atoms with Crippen molar-refractivity contribution in [1.82, 2.24) is 4.57 Å². The first-order chi connectivity index (χ1) is 8.65. The summed E-state index contributed by atoms with van der Waals surface area (Å²) in [6.45, 7) is 0.426. The van der Waals surface area contributed by atoms with Crippen LogP contribution in [0.15, 0.2) is 24.4 Å². The second kappa shape index (κ2) is 5.00. The predicted molar refractivity (Wildman–Crippen MR) is 67.3 cm³/mol. The molecule has 0 bridgehead atoms. The minimum absolute atomic E-state index is 0.0866. The molecule has 0 unspecified atom stereocenters. The molecule has 18 heavy (non-hydrogen) atoms. The van der Waals surface area contributed by atoms with E-state index in [4.69, 9.17) is 14.6 Å². The Morgan fingerprint density at radius 2 is 2.11 bits per heavy atom. The van der Waals surface area contributed by atoms with Gasteiger partial charge in [0, 0.05) is 30.3 Å². The van der Waals surface area contributed by atoms with Crippen LogP contribution in [0.4, 0.5) is 0 Å². The molecule has 0 amide bonds. The van der Waals surface area contributed by atoms with Gasteiger partial charge >= 0.3 is 5.97 Å². The lowest BCUT2D eigenvalue weighted by Gasteiger charge is -2.08. The van der Waals surface area contributed by atoms with Crippen molar-refractivity contribution in [3.63, 3.8) is 0 Å². The summed E-state index contributed by atoms with van der Waals surface area (Å²) in [4.78, 5) is 10.6. The average Bonchev–Trinajstić information content (AvgIpc) is 2.78. The molecule has 0 spiro atoms. The summed E-state index contributed by atoms with van der Waals surface area (Å²) in [6, 6.07) is 5.60. The molecular formula is C13H15NO4. The highest BCUT2D eigenvalue weighted by Gasteiger charge is 2.10. The van der Waals surface area contributed by atoms with Crippen LogP contribution in [-0.4, -0.2) is 29.9 Å². The summed E-state index contributed by atoms with van der Waals surface area (Å²) in [5, 5.41) is 9.67. The van der Waals surface area contributed by atoms with Crippen LogP contribution in [0.3, 0.4) is 0 Å². The molecule has 1 N–H and O–H groups in total. The zero-order valence-corrected chi connectivity index (χ0v) is 10.3. The van der Waals surface area contributed by atoms with Crippen molar-refractivity contribution in [2.24, 2.45) is 0 Å². The van der Waals surface area contributed by atoms with Gasteiger partial charge in [-0.15, -0.1) is 0 Å². The number of nitrogens with zero attached hydrogens (tertiary/aromatic N) is 1. The van der Waals surface area contributed by atoms with E-state index in [1.807, 2.05) is 29.0 Å². The number of hydrogen-bond donors (Lipinski definition) is 1. The molecule has 0 atom stereocenters. The minimum Gasteiger partial charge on any atom is -0.497 e. The van der Waals surface area contributed by atoms with E-state index >= 15 is 0 Å². The molecule has 0 aliphatic carbocycles. The van der Waals surface area contributed by atoms with E-state index in [0.717, 1.165) is 16.7 Å². The molecule has 96 valence electrons. The van der Waals surface area contributed by atoms with Crippen molar-refractivity contribution in [2.75, 3.05) is 14.2 Å². The number of hydrogen-bond acceptors (Lipinski definition) is 3. The number of aryl methyl sites for hydroxylation is 1. The van der Waals surface area contributed by atoms with Gasteiger partial charge in [0.15, 0.2) is 0 Å². The SMILES string of the molecule is COc1cc(OC)c2ccn(CCC(=O)O)c2c1. The predicted octanol–water partition coefficient (Wildman–Crippen LogP) is 2.13. The molecule has 5 nitrogen and oxygen atoms in total. The maximum atomic E-state index is 10.6. The lowest BCUT2D eigenvalue weighted by atomic mass is 10.2. The van der Waals surface area contributed by atoms with Gasteiger partial charge in [-0.05, 0) is 6.07 Å². The lowest BCUT2D eigenvalue weighted by molar-refractivity contribution is -0.137. The summed E-state index contributed by atoms with van der Waals surface area (Å²) in [5.41, 5.74) is 0.910. The van der Waals surface area contributed by atoms with Crippen molar-refractivity contribution in [3.05, 3.63) is 24.4 Å². The van der Waals surface area contributed by atoms with Gasteiger partial charge in [0.1, 0.15) is 11.5 Å². The number of benzene rings is 1. The van der Waals surface area contributed by atoms with Gasteiger partial charge in [-0.1, -0.05) is 0 Å². The highest BCUT2D eigenvalue weighted by Crippen LogP contribution is 2.31. The minimum atomic E-state index is -0.813. The number of carbonyl (C=O) groups is 1. The van der Waals surface area contributed by atoms with Crippen molar-refractivity contribution in [3.8, 4) is 11.5 Å². The highest BCUT2D eigenvalue weighted by atomic mass is 16.5. The number of rotatable bonds is 5. The fourth-order valence-corrected chi connectivity index (χ4v) is 1.94. The molecule has 0 radical (unpaired) electrons. The molecule has 1 heterocycles. The topological polar surface area (TPSA) is 60.7 Å². The van der Waals surface area contributed by atoms with Gasteiger partial charge < -0.3 is 19.1 Å². The summed E-state index contributed by atoms with van der Waals surface area (Å²) >= 11 is 0. The third-order valence-corrected chi connectivity index (χ3v) is 2.85. The second-order valence-electron chi connectivity index (χ2n) is 3.92. The first-order valence-electron chi connectivity index (χ1n) is 5.58. The van der Waals surface area contributed by atoms with Crippen LogP contribution in [0.1, 0.15) is 6.42 Å². The third-order valence-electron chi connectivity index (χ3n) is 2.85. The van der Waals surface area contributed by atoms with Crippen molar-refractivity contribution < 1.29 is 19.4 Å². The second-order valence-corrected chi connectivity index (χ2v) is 3.92. The molecule has 0 saturated heterocycles. The van der Waals surface area contributed by atoms with Gasteiger partial charge in [-0.25, -0.2) is 0 Å². The largest absolute Gasteiger partial charge is 0.497 e. The van der Waals surface area contributed by atoms with Crippen LogP contribution in [-0.2, 0) is 11.3 Å². The van der Waals surface area contributed by atoms with Crippen LogP contribution in [0, 0.1) is 0 Å². The Bertz CT molecular complexity index is 574. The molecule has 5 heteroatoms. The Kier molecular flexibility index (Phi) is 3.41. The maximum Gasteiger partial charge on any atom is 0.305 e. The summed E-state index contributed by atoms with van der Waals surface area (Å²) < 4.78 is 12.4. The molecule has 1 aromatic heterocycles. The van der Waals surface area contributed by atoms with Crippen LogP contribution in [0.25, 0.3) is 10.9 Å². The van der Waals surface area contributed by atoms with Crippen LogP contribution < -0.4 is 9.47 Å². The van der Waals surface area contributed by atoms with Gasteiger partial charge in [0.25, 0.3) is 0 Å². The fraction of sp³-hybridized carbons (Fsp3) is 0.308. The van der Waals surface area contributed by atoms with E-state index in [1.54, 1.807) is 14.2 Å².